The summed E-state index contributed by atoms with van der Waals surface area (Å²) in [5.41, 5.74) is 1.25. The normalized spacial score (nSPS) is 11.5. The fraction of sp³-hybridized carbons (Fsp3) is 0.214. The number of sulfonamides is 1. The van der Waals surface area contributed by atoms with Crippen LogP contribution in [0.4, 0.5) is 0 Å². The summed E-state index contributed by atoms with van der Waals surface area (Å²) in [5.74, 6) is -0.951. The molecule has 0 bridgehead atoms. The molecule has 0 radical (unpaired) electrons. The van der Waals surface area contributed by atoms with Crippen LogP contribution in [0.15, 0.2) is 47.6 Å². The minimum atomic E-state index is -3.60. The summed E-state index contributed by atoms with van der Waals surface area (Å²) in [4.78, 5) is 11.0. The van der Waals surface area contributed by atoms with Crippen molar-refractivity contribution in [3.8, 4) is 0 Å². The van der Waals surface area contributed by atoms with Crippen molar-refractivity contribution in [1.82, 2.24) is 9.29 Å². The van der Waals surface area contributed by atoms with E-state index < -0.39 is 16.0 Å². The first-order valence-electron chi connectivity index (χ1n) is 6.29. The minimum absolute atomic E-state index is 0.0562. The Labute approximate surface area is 123 Å². The van der Waals surface area contributed by atoms with E-state index in [0.717, 1.165) is 0 Å². The third-order valence-electron chi connectivity index (χ3n) is 3.03. The molecule has 0 spiro atoms. The van der Waals surface area contributed by atoms with Crippen molar-refractivity contribution in [1.29, 1.82) is 0 Å². The number of nitrogens with zero attached hydrogens (tertiary/aromatic N) is 1. The fourth-order valence-electron chi connectivity index (χ4n) is 1.96. The van der Waals surface area contributed by atoms with Crippen LogP contribution in [-0.2, 0) is 34.8 Å². The first-order valence-corrected chi connectivity index (χ1v) is 7.77. The van der Waals surface area contributed by atoms with E-state index in [2.05, 4.69) is 4.72 Å². The maximum Gasteiger partial charge on any atom is 0.307 e. The molecule has 0 aliphatic rings. The third-order valence-corrected chi connectivity index (χ3v) is 4.41. The molecule has 1 aromatic heterocycles. The van der Waals surface area contributed by atoms with Crippen molar-refractivity contribution in [2.24, 2.45) is 7.05 Å². The van der Waals surface area contributed by atoms with E-state index in [1.807, 2.05) is 0 Å². The Hall–Kier alpha value is -2.12. The fourth-order valence-corrected chi connectivity index (χ4v) is 3.02. The second-order valence-electron chi connectivity index (χ2n) is 4.68. The minimum Gasteiger partial charge on any atom is -0.481 e. The quantitative estimate of drug-likeness (QED) is 0.837. The van der Waals surface area contributed by atoms with Crippen molar-refractivity contribution in [2.45, 2.75) is 17.9 Å². The van der Waals surface area contributed by atoms with Gasteiger partial charge in [-0.1, -0.05) is 24.3 Å². The van der Waals surface area contributed by atoms with Gasteiger partial charge in [-0.3, -0.25) is 4.79 Å². The number of hydrogen-bond donors (Lipinski definition) is 2. The number of aryl methyl sites for hydroxylation is 1. The van der Waals surface area contributed by atoms with Crippen LogP contribution in [0, 0.1) is 0 Å². The van der Waals surface area contributed by atoms with Crippen LogP contribution >= 0.6 is 0 Å². The highest BCUT2D eigenvalue weighted by molar-refractivity contribution is 7.89. The van der Waals surface area contributed by atoms with Gasteiger partial charge in [-0.05, 0) is 17.2 Å². The highest BCUT2D eigenvalue weighted by Crippen LogP contribution is 2.13. The molecule has 2 aromatic rings. The van der Waals surface area contributed by atoms with Gasteiger partial charge in [0, 0.05) is 26.0 Å². The number of benzene rings is 1. The summed E-state index contributed by atoms with van der Waals surface area (Å²) >= 11 is 0. The number of carboxylic acid groups (broad SMARTS) is 1. The van der Waals surface area contributed by atoms with Crippen molar-refractivity contribution < 1.29 is 18.3 Å². The van der Waals surface area contributed by atoms with Crippen LogP contribution in [0.1, 0.15) is 11.1 Å². The molecule has 0 amide bonds. The zero-order chi connectivity index (χ0) is 15.5. The van der Waals surface area contributed by atoms with Crippen molar-refractivity contribution in [3.05, 3.63) is 53.9 Å². The lowest BCUT2D eigenvalue weighted by Crippen LogP contribution is -2.23. The molecule has 6 nitrogen and oxygen atoms in total. The second-order valence-corrected chi connectivity index (χ2v) is 6.44. The number of aromatic nitrogens is 1. The molecule has 0 unspecified atom stereocenters. The Morgan fingerprint density at radius 2 is 1.90 bits per heavy atom. The summed E-state index contributed by atoms with van der Waals surface area (Å²) < 4.78 is 28.4. The largest absolute Gasteiger partial charge is 0.481 e. The summed E-state index contributed by atoms with van der Waals surface area (Å²) in [6.45, 7) is 0.0562. The Morgan fingerprint density at radius 3 is 2.48 bits per heavy atom. The van der Waals surface area contributed by atoms with Crippen molar-refractivity contribution in [2.75, 3.05) is 0 Å². The van der Waals surface area contributed by atoms with Gasteiger partial charge in [0.05, 0.1) is 11.3 Å². The summed E-state index contributed by atoms with van der Waals surface area (Å²) in [7, 11) is -1.86. The zero-order valence-electron chi connectivity index (χ0n) is 11.5. The average Bonchev–Trinajstić information content (AvgIpc) is 2.85. The maximum absolute atomic E-state index is 12.1. The topological polar surface area (TPSA) is 88.4 Å². The van der Waals surface area contributed by atoms with Gasteiger partial charge >= 0.3 is 5.97 Å². The molecule has 112 valence electrons. The van der Waals surface area contributed by atoms with Crippen molar-refractivity contribution >= 4 is 16.0 Å². The van der Waals surface area contributed by atoms with Gasteiger partial charge in [0.2, 0.25) is 10.0 Å². The number of hydrogen-bond acceptors (Lipinski definition) is 3. The van der Waals surface area contributed by atoms with E-state index >= 15 is 0 Å². The monoisotopic (exact) mass is 308 g/mol. The Balaban J connectivity index is 2.15. The van der Waals surface area contributed by atoms with E-state index in [0.29, 0.717) is 11.1 Å². The van der Waals surface area contributed by atoms with Crippen LogP contribution in [0.3, 0.4) is 0 Å². The number of carbonyl (C=O) groups is 1. The molecule has 2 rings (SSSR count). The molecule has 0 fully saturated rings. The molecular formula is C14H16N2O4S. The third kappa shape index (κ3) is 3.93. The smallest absolute Gasteiger partial charge is 0.307 e. The molecule has 2 N–H and O–H groups in total. The van der Waals surface area contributed by atoms with Crippen molar-refractivity contribution in [3.63, 3.8) is 0 Å². The Morgan fingerprint density at radius 1 is 1.24 bits per heavy atom. The predicted molar refractivity (Wildman–Crippen MR) is 77.2 cm³/mol. The molecule has 7 heteroatoms. The molecule has 21 heavy (non-hydrogen) atoms. The van der Waals surface area contributed by atoms with E-state index in [4.69, 9.17) is 5.11 Å². The average molecular weight is 308 g/mol. The second kappa shape index (κ2) is 6.11. The lowest BCUT2D eigenvalue weighted by atomic mass is 10.1. The molecule has 1 aromatic carbocycles. The number of aliphatic carboxylic acids is 1. The predicted octanol–water partition coefficient (Wildman–Crippen LogP) is 1.13. The Bertz CT molecular complexity index is 750. The van der Waals surface area contributed by atoms with Gasteiger partial charge in [-0.2, -0.15) is 0 Å². The van der Waals surface area contributed by atoms with Gasteiger partial charge in [0.15, 0.2) is 0 Å². The van der Waals surface area contributed by atoms with Crippen LogP contribution in [0.2, 0.25) is 0 Å². The lowest BCUT2D eigenvalue weighted by Gasteiger charge is -2.09. The standard InChI is InChI=1S/C14H16N2O4S/c1-16-7-6-13(10-16)21(19,20)15-9-12-5-3-2-4-11(12)8-14(17)18/h2-7,10,15H,8-9H2,1H3,(H,17,18). The SMILES string of the molecule is Cn1ccc(S(=O)(=O)NCc2ccccc2CC(=O)O)c1. The first kappa shape index (κ1) is 15.3. The van der Waals surface area contributed by atoms with Crippen LogP contribution in [0.25, 0.3) is 0 Å². The summed E-state index contributed by atoms with van der Waals surface area (Å²) in [5, 5.41) is 8.86. The molecule has 0 saturated heterocycles. The van der Waals surface area contributed by atoms with Crippen LogP contribution in [0.5, 0.6) is 0 Å². The van der Waals surface area contributed by atoms with E-state index in [1.54, 1.807) is 42.1 Å². The summed E-state index contributed by atoms with van der Waals surface area (Å²) in [6.07, 6.45) is 3.02. The number of rotatable bonds is 6. The lowest BCUT2D eigenvalue weighted by molar-refractivity contribution is -0.136. The first-order chi connectivity index (χ1) is 9.88. The van der Waals surface area contributed by atoms with Crippen LogP contribution in [-0.4, -0.2) is 24.1 Å². The van der Waals surface area contributed by atoms with Gasteiger partial charge in [0.25, 0.3) is 0 Å². The highest BCUT2D eigenvalue weighted by atomic mass is 32.2. The number of nitrogens with one attached hydrogen (secondary N) is 1. The highest BCUT2D eigenvalue weighted by Gasteiger charge is 2.15. The molecule has 1 heterocycles. The van der Waals surface area contributed by atoms with E-state index in [-0.39, 0.29) is 17.9 Å². The van der Waals surface area contributed by atoms with Gasteiger partial charge < -0.3 is 9.67 Å². The molecular weight excluding hydrogens is 292 g/mol. The molecule has 0 atom stereocenters. The zero-order valence-corrected chi connectivity index (χ0v) is 12.3. The number of carboxylic acids is 1. The maximum atomic E-state index is 12.1. The van der Waals surface area contributed by atoms with Crippen LogP contribution < -0.4 is 4.72 Å². The van der Waals surface area contributed by atoms with Gasteiger partial charge in [0.1, 0.15) is 0 Å². The molecule has 0 saturated carbocycles. The van der Waals surface area contributed by atoms with Gasteiger partial charge in [-0.25, -0.2) is 13.1 Å². The van der Waals surface area contributed by atoms with E-state index in [1.165, 1.54) is 12.3 Å². The van der Waals surface area contributed by atoms with Gasteiger partial charge in [-0.15, -0.1) is 0 Å². The summed E-state index contributed by atoms with van der Waals surface area (Å²) in [6, 6.07) is 8.38. The van der Waals surface area contributed by atoms with E-state index in [9.17, 15) is 13.2 Å². The Kier molecular flexibility index (Phi) is 4.44. The molecule has 0 aliphatic carbocycles. The molecule has 0 aliphatic heterocycles.